The summed E-state index contributed by atoms with van der Waals surface area (Å²) in [7, 11) is -3.86. The van der Waals surface area contributed by atoms with Gasteiger partial charge in [-0.15, -0.1) is 0 Å². The number of hydrogen-bond donors (Lipinski definition) is 1. The first-order valence-corrected chi connectivity index (χ1v) is 11.0. The molecule has 0 aromatic heterocycles. The summed E-state index contributed by atoms with van der Waals surface area (Å²) in [6.45, 7) is 1.91. The van der Waals surface area contributed by atoms with E-state index in [1.54, 1.807) is 37.3 Å². The highest BCUT2D eigenvalue weighted by Gasteiger charge is 2.24. The number of sulfonamides is 1. The lowest BCUT2D eigenvalue weighted by molar-refractivity contribution is -0.394. The van der Waals surface area contributed by atoms with Gasteiger partial charge in [0.1, 0.15) is 0 Å². The molecule has 0 aliphatic heterocycles. The average Bonchev–Trinajstić information content (AvgIpc) is 2.80. The number of benzene rings is 3. The van der Waals surface area contributed by atoms with Crippen LogP contribution in [0.5, 0.6) is 0 Å². The van der Waals surface area contributed by atoms with Crippen molar-refractivity contribution in [1.29, 1.82) is 0 Å². The van der Waals surface area contributed by atoms with Crippen LogP contribution in [-0.2, 0) is 10.0 Å². The Morgan fingerprint density at radius 1 is 0.909 bits per heavy atom. The Morgan fingerprint density at radius 3 is 1.94 bits per heavy atom. The summed E-state index contributed by atoms with van der Waals surface area (Å²) in [4.78, 5) is 32.9. The first-order valence-electron chi connectivity index (χ1n) is 9.56. The van der Waals surface area contributed by atoms with Crippen molar-refractivity contribution in [2.45, 2.75) is 11.8 Å². The zero-order chi connectivity index (χ0) is 24.2. The van der Waals surface area contributed by atoms with Gasteiger partial charge in [-0.1, -0.05) is 18.2 Å². The smallest absolute Gasteiger partial charge is 0.277 e. The molecule has 12 heteroatoms. The van der Waals surface area contributed by atoms with Crippen LogP contribution in [0.15, 0.2) is 77.7 Å². The number of nitrogens with zero attached hydrogens (tertiary/aromatic N) is 3. The molecule has 0 aliphatic rings. The standard InChI is InChI=1S/C21H18N4O7S/c1-2-23(17-6-4-3-5-7-17)33(31,32)20-10-8-16(9-11-20)22-21(26)15-12-18(24(27)28)14-19(13-15)25(29)30/h3-14H,2H2,1H3,(H,22,26). The van der Waals surface area contributed by atoms with Crippen molar-refractivity contribution in [2.24, 2.45) is 0 Å². The lowest BCUT2D eigenvalue weighted by atomic mass is 10.1. The number of nitrogens with one attached hydrogen (secondary N) is 1. The Balaban J connectivity index is 1.84. The molecule has 1 amide bonds. The van der Waals surface area contributed by atoms with Gasteiger partial charge in [0.15, 0.2) is 0 Å². The zero-order valence-corrected chi connectivity index (χ0v) is 18.1. The fraction of sp³-hybridized carbons (Fsp3) is 0.0952. The van der Waals surface area contributed by atoms with Crippen molar-refractivity contribution < 1.29 is 23.1 Å². The monoisotopic (exact) mass is 470 g/mol. The van der Waals surface area contributed by atoms with Gasteiger partial charge in [-0.2, -0.15) is 0 Å². The minimum absolute atomic E-state index is 0.00260. The number of hydrogen-bond acceptors (Lipinski definition) is 7. The summed E-state index contributed by atoms with van der Waals surface area (Å²) in [5.41, 5.74) is -0.776. The maximum absolute atomic E-state index is 13.0. The number of anilines is 2. The number of carbonyl (C=O) groups is 1. The third-order valence-electron chi connectivity index (χ3n) is 4.62. The predicted octanol–water partition coefficient (Wildman–Crippen LogP) is 3.97. The number of para-hydroxylation sites is 1. The fourth-order valence-electron chi connectivity index (χ4n) is 3.06. The summed E-state index contributed by atoms with van der Waals surface area (Å²) in [5.74, 6) is -0.822. The van der Waals surface area contributed by atoms with Crippen molar-refractivity contribution >= 4 is 38.7 Å². The number of nitro benzene ring substituents is 2. The van der Waals surface area contributed by atoms with Gasteiger partial charge >= 0.3 is 0 Å². The lowest BCUT2D eigenvalue weighted by Gasteiger charge is -2.23. The highest BCUT2D eigenvalue weighted by Crippen LogP contribution is 2.26. The Kier molecular flexibility index (Phi) is 6.68. The van der Waals surface area contributed by atoms with E-state index in [-0.39, 0.29) is 22.7 Å². The van der Waals surface area contributed by atoms with Crippen molar-refractivity contribution in [3.8, 4) is 0 Å². The molecule has 0 aliphatic carbocycles. The van der Waals surface area contributed by atoms with E-state index in [1.165, 1.54) is 28.6 Å². The van der Waals surface area contributed by atoms with E-state index in [0.29, 0.717) is 5.69 Å². The van der Waals surface area contributed by atoms with Crippen LogP contribution in [0, 0.1) is 20.2 Å². The SMILES string of the molecule is CCN(c1ccccc1)S(=O)(=O)c1ccc(NC(=O)c2cc([N+](=O)[O-])cc([N+](=O)[O-])c2)cc1. The van der Waals surface area contributed by atoms with Crippen LogP contribution in [-0.4, -0.2) is 30.7 Å². The van der Waals surface area contributed by atoms with Crippen LogP contribution >= 0.6 is 0 Å². The molecule has 0 radical (unpaired) electrons. The Bertz CT molecular complexity index is 1280. The second-order valence-electron chi connectivity index (χ2n) is 6.74. The topological polar surface area (TPSA) is 153 Å². The molecule has 0 spiro atoms. The molecule has 170 valence electrons. The molecular weight excluding hydrogens is 452 g/mol. The zero-order valence-electron chi connectivity index (χ0n) is 17.2. The summed E-state index contributed by atoms with van der Waals surface area (Å²) in [5, 5.41) is 24.5. The molecule has 0 unspecified atom stereocenters. The molecule has 0 saturated heterocycles. The minimum Gasteiger partial charge on any atom is -0.322 e. The second kappa shape index (κ2) is 9.44. The third-order valence-corrected chi connectivity index (χ3v) is 6.54. The number of nitro groups is 2. The van der Waals surface area contributed by atoms with Crippen LogP contribution in [0.2, 0.25) is 0 Å². The quantitative estimate of drug-likeness (QED) is 0.386. The van der Waals surface area contributed by atoms with Gasteiger partial charge in [-0.05, 0) is 43.3 Å². The van der Waals surface area contributed by atoms with Crippen molar-refractivity contribution in [1.82, 2.24) is 0 Å². The second-order valence-corrected chi connectivity index (χ2v) is 8.60. The van der Waals surface area contributed by atoms with Crippen molar-refractivity contribution in [3.05, 3.63) is 98.6 Å². The van der Waals surface area contributed by atoms with E-state index in [0.717, 1.165) is 18.2 Å². The van der Waals surface area contributed by atoms with E-state index >= 15 is 0 Å². The van der Waals surface area contributed by atoms with E-state index in [1.807, 2.05) is 0 Å². The summed E-state index contributed by atoms with van der Waals surface area (Å²) >= 11 is 0. The van der Waals surface area contributed by atoms with Gasteiger partial charge in [0.2, 0.25) is 0 Å². The van der Waals surface area contributed by atoms with E-state index in [2.05, 4.69) is 5.32 Å². The van der Waals surface area contributed by atoms with Gasteiger partial charge in [0.05, 0.1) is 32.1 Å². The minimum atomic E-state index is -3.86. The number of non-ortho nitro benzene ring substituents is 2. The first kappa shape index (κ1) is 23.3. The molecule has 3 aromatic rings. The van der Waals surface area contributed by atoms with E-state index in [4.69, 9.17) is 0 Å². The highest BCUT2D eigenvalue weighted by atomic mass is 32.2. The Hall–Kier alpha value is -4.32. The molecule has 1 N–H and O–H groups in total. The number of amides is 1. The molecule has 3 aromatic carbocycles. The van der Waals surface area contributed by atoms with Gasteiger partial charge in [0.25, 0.3) is 27.3 Å². The predicted molar refractivity (Wildman–Crippen MR) is 121 cm³/mol. The maximum Gasteiger partial charge on any atom is 0.277 e. The highest BCUT2D eigenvalue weighted by molar-refractivity contribution is 7.92. The molecule has 0 atom stereocenters. The summed E-state index contributed by atoms with van der Waals surface area (Å²) in [6, 6.07) is 16.5. The molecule has 0 heterocycles. The van der Waals surface area contributed by atoms with E-state index < -0.39 is 37.2 Å². The number of rotatable bonds is 8. The van der Waals surface area contributed by atoms with Crippen LogP contribution in [0.25, 0.3) is 0 Å². The van der Waals surface area contributed by atoms with E-state index in [9.17, 15) is 33.4 Å². The molecule has 33 heavy (non-hydrogen) atoms. The summed E-state index contributed by atoms with van der Waals surface area (Å²) < 4.78 is 27.3. The Labute approximate surface area is 188 Å². The van der Waals surface area contributed by atoms with Gasteiger partial charge in [0, 0.05) is 24.4 Å². The normalized spacial score (nSPS) is 10.9. The molecule has 11 nitrogen and oxygen atoms in total. The first-order chi connectivity index (χ1) is 15.6. The van der Waals surface area contributed by atoms with Crippen molar-refractivity contribution in [3.63, 3.8) is 0 Å². The average molecular weight is 470 g/mol. The molecule has 3 rings (SSSR count). The summed E-state index contributed by atoms with van der Waals surface area (Å²) in [6.07, 6.45) is 0. The number of carbonyl (C=O) groups excluding carboxylic acids is 1. The maximum atomic E-state index is 13.0. The fourth-order valence-corrected chi connectivity index (χ4v) is 4.54. The van der Waals surface area contributed by atoms with Crippen LogP contribution < -0.4 is 9.62 Å². The molecular formula is C21H18N4O7S. The third kappa shape index (κ3) is 5.13. The lowest BCUT2D eigenvalue weighted by Crippen LogP contribution is -2.30. The molecule has 0 bridgehead atoms. The molecule has 0 saturated carbocycles. The van der Waals surface area contributed by atoms with Crippen LogP contribution in [0.1, 0.15) is 17.3 Å². The van der Waals surface area contributed by atoms with Crippen molar-refractivity contribution in [2.75, 3.05) is 16.2 Å². The Morgan fingerprint density at radius 2 is 1.45 bits per heavy atom. The van der Waals surface area contributed by atoms with Gasteiger partial charge in [-0.25, -0.2) is 8.42 Å². The molecule has 0 fully saturated rings. The van der Waals surface area contributed by atoms with Crippen LogP contribution in [0.3, 0.4) is 0 Å². The largest absolute Gasteiger partial charge is 0.322 e. The van der Waals surface area contributed by atoms with Gasteiger partial charge < -0.3 is 5.32 Å². The van der Waals surface area contributed by atoms with Crippen LogP contribution in [0.4, 0.5) is 22.7 Å². The van der Waals surface area contributed by atoms with Gasteiger partial charge in [-0.3, -0.25) is 29.3 Å².